The fourth-order valence-corrected chi connectivity index (χ4v) is 3.05. The van der Waals surface area contributed by atoms with E-state index in [1.807, 2.05) is 42.5 Å². The van der Waals surface area contributed by atoms with Crippen molar-refractivity contribution in [2.75, 3.05) is 0 Å². The van der Waals surface area contributed by atoms with Crippen LogP contribution in [0.15, 0.2) is 79.1 Å². The Bertz CT molecular complexity index is 1140. The lowest BCUT2D eigenvalue weighted by Crippen LogP contribution is -2.18. The van der Waals surface area contributed by atoms with Crippen molar-refractivity contribution in [2.45, 2.75) is 0 Å². The van der Waals surface area contributed by atoms with Crippen molar-refractivity contribution in [1.29, 1.82) is 0 Å². The Morgan fingerprint density at radius 3 is 2.33 bits per heavy atom. The summed E-state index contributed by atoms with van der Waals surface area (Å²) >= 11 is 0. The lowest BCUT2D eigenvalue weighted by molar-refractivity contribution is 0.0988. The first kappa shape index (κ1) is 16.7. The van der Waals surface area contributed by atoms with E-state index in [-0.39, 0.29) is 11.6 Å². The van der Waals surface area contributed by atoms with E-state index >= 15 is 0 Å². The smallest absolute Gasteiger partial charge is 0.286 e. The van der Waals surface area contributed by atoms with Gasteiger partial charge in [0.2, 0.25) is 5.82 Å². The van der Waals surface area contributed by atoms with E-state index in [2.05, 4.69) is 10.1 Å². The topological polar surface area (TPSA) is 73.8 Å². The van der Waals surface area contributed by atoms with Crippen LogP contribution in [0.3, 0.4) is 0 Å². The first-order valence-electron chi connectivity index (χ1n) is 8.30. The number of carbonyl (C=O) groups excluding carboxylic acids is 1. The van der Waals surface area contributed by atoms with Crippen molar-refractivity contribution in [1.82, 2.24) is 14.8 Å². The van der Waals surface area contributed by atoms with Gasteiger partial charge in [0, 0.05) is 5.56 Å². The molecule has 0 fully saturated rings. The Kier molecular flexibility index (Phi) is 4.22. The number of halogens is 1. The molecule has 0 spiro atoms. The zero-order valence-corrected chi connectivity index (χ0v) is 14.2. The highest BCUT2D eigenvalue weighted by molar-refractivity contribution is 5.90. The number of carbonyl (C=O) groups is 1. The van der Waals surface area contributed by atoms with Gasteiger partial charge in [-0.1, -0.05) is 54.6 Å². The highest BCUT2D eigenvalue weighted by Crippen LogP contribution is 2.34. The predicted octanol–water partition coefficient (Wildman–Crippen LogP) is 3.84. The maximum Gasteiger partial charge on any atom is 0.286 e. The second-order valence-electron chi connectivity index (χ2n) is 5.94. The van der Waals surface area contributed by atoms with Crippen molar-refractivity contribution in [2.24, 2.45) is 5.73 Å². The summed E-state index contributed by atoms with van der Waals surface area (Å²) < 4.78 is 15.7. The summed E-state index contributed by atoms with van der Waals surface area (Å²) in [5, 5.41) is 4.08. The molecule has 2 N–H and O–H groups in total. The molecule has 1 aromatic heterocycles. The van der Waals surface area contributed by atoms with Crippen molar-refractivity contribution in [3.05, 3.63) is 90.8 Å². The quantitative estimate of drug-likeness (QED) is 0.602. The largest absolute Gasteiger partial charge is 0.363 e. The van der Waals surface area contributed by atoms with Crippen LogP contribution in [-0.2, 0) is 0 Å². The minimum atomic E-state index is -0.662. The van der Waals surface area contributed by atoms with Gasteiger partial charge in [0.1, 0.15) is 12.1 Å². The molecule has 3 aromatic carbocycles. The Morgan fingerprint density at radius 2 is 1.59 bits per heavy atom. The molecule has 0 unspecified atom stereocenters. The summed E-state index contributed by atoms with van der Waals surface area (Å²) in [6, 6.07) is 21.7. The zero-order chi connectivity index (χ0) is 18.8. The molecule has 4 rings (SSSR count). The molecule has 0 aliphatic rings. The van der Waals surface area contributed by atoms with Gasteiger partial charge < -0.3 is 5.73 Å². The molecule has 0 bridgehead atoms. The van der Waals surface area contributed by atoms with Crippen LogP contribution in [0.25, 0.3) is 27.9 Å². The second-order valence-corrected chi connectivity index (χ2v) is 5.94. The summed E-state index contributed by atoms with van der Waals surface area (Å²) in [6.07, 6.45) is 1.28. The lowest BCUT2D eigenvalue weighted by atomic mass is 9.94. The third kappa shape index (κ3) is 3.08. The number of benzene rings is 3. The number of primary amides is 1. The molecule has 0 radical (unpaired) electrons. The Hall–Kier alpha value is -3.80. The van der Waals surface area contributed by atoms with E-state index in [0.717, 1.165) is 16.7 Å². The maximum absolute atomic E-state index is 14.3. The van der Waals surface area contributed by atoms with E-state index in [0.29, 0.717) is 11.3 Å². The van der Waals surface area contributed by atoms with E-state index < -0.39 is 5.91 Å². The van der Waals surface area contributed by atoms with Gasteiger partial charge in [-0.25, -0.2) is 14.1 Å². The highest BCUT2D eigenvalue weighted by atomic mass is 19.1. The number of hydrogen-bond donors (Lipinski definition) is 1. The van der Waals surface area contributed by atoms with Crippen LogP contribution < -0.4 is 5.73 Å². The molecule has 0 saturated carbocycles. The van der Waals surface area contributed by atoms with Crippen LogP contribution >= 0.6 is 0 Å². The molecular weight excluding hydrogens is 343 g/mol. The number of aromatic nitrogens is 3. The number of rotatable bonds is 4. The average molecular weight is 358 g/mol. The zero-order valence-electron chi connectivity index (χ0n) is 14.2. The van der Waals surface area contributed by atoms with Crippen LogP contribution in [0, 0.1) is 5.82 Å². The van der Waals surface area contributed by atoms with Gasteiger partial charge >= 0.3 is 0 Å². The highest BCUT2D eigenvalue weighted by Gasteiger charge is 2.14. The molecule has 1 amide bonds. The molecule has 4 aromatic rings. The summed E-state index contributed by atoms with van der Waals surface area (Å²) in [6.45, 7) is 0. The number of amides is 1. The summed E-state index contributed by atoms with van der Waals surface area (Å²) in [7, 11) is 0. The molecule has 1 heterocycles. The SMILES string of the molecule is NC(=O)c1ncnn1-c1cccc(-c2ccccc2-c2ccccc2F)c1. The lowest BCUT2D eigenvalue weighted by Gasteiger charge is -2.12. The summed E-state index contributed by atoms with van der Waals surface area (Å²) in [5.74, 6) is -0.896. The first-order chi connectivity index (χ1) is 13.1. The van der Waals surface area contributed by atoms with Crippen LogP contribution in [0.1, 0.15) is 10.6 Å². The van der Waals surface area contributed by atoms with Crippen LogP contribution in [-0.4, -0.2) is 20.7 Å². The molecular formula is C21H15FN4O. The fourth-order valence-electron chi connectivity index (χ4n) is 3.05. The van der Waals surface area contributed by atoms with Crippen molar-refractivity contribution in [3.63, 3.8) is 0 Å². The van der Waals surface area contributed by atoms with Gasteiger partial charge in [-0.2, -0.15) is 5.10 Å². The predicted molar refractivity (Wildman–Crippen MR) is 101 cm³/mol. The van der Waals surface area contributed by atoms with E-state index in [1.54, 1.807) is 24.3 Å². The van der Waals surface area contributed by atoms with E-state index in [4.69, 9.17) is 5.73 Å². The maximum atomic E-state index is 14.3. The fraction of sp³-hybridized carbons (Fsp3) is 0. The molecule has 0 aliphatic carbocycles. The van der Waals surface area contributed by atoms with Gasteiger partial charge in [0.05, 0.1) is 5.69 Å². The molecule has 27 heavy (non-hydrogen) atoms. The summed E-state index contributed by atoms with van der Waals surface area (Å²) in [5.41, 5.74) is 9.03. The molecule has 6 heteroatoms. The second kappa shape index (κ2) is 6.84. The summed E-state index contributed by atoms with van der Waals surface area (Å²) in [4.78, 5) is 15.4. The molecule has 0 aliphatic heterocycles. The van der Waals surface area contributed by atoms with E-state index in [1.165, 1.54) is 17.1 Å². The van der Waals surface area contributed by atoms with Gasteiger partial charge in [-0.15, -0.1) is 0 Å². The Morgan fingerprint density at radius 1 is 0.889 bits per heavy atom. The third-order valence-corrected chi connectivity index (χ3v) is 4.26. The Labute approximate surface area is 154 Å². The average Bonchev–Trinajstić information content (AvgIpc) is 3.19. The first-order valence-corrected chi connectivity index (χ1v) is 8.30. The molecule has 5 nitrogen and oxygen atoms in total. The van der Waals surface area contributed by atoms with Gasteiger partial charge in [-0.05, 0) is 34.9 Å². The normalized spacial score (nSPS) is 10.7. The molecule has 0 saturated heterocycles. The monoisotopic (exact) mass is 358 g/mol. The number of hydrogen-bond acceptors (Lipinski definition) is 3. The van der Waals surface area contributed by atoms with E-state index in [9.17, 15) is 9.18 Å². The standard InChI is InChI=1S/C21H15FN4O/c22-19-11-4-3-10-18(19)17-9-2-1-8-16(17)14-6-5-7-15(12-14)26-21(20(23)27)24-13-25-26/h1-13H,(H2,23,27). The molecule has 0 atom stereocenters. The number of nitrogens with zero attached hydrogens (tertiary/aromatic N) is 3. The van der Waals surface area contributed by atoms with Crippen molar-refractivity contribution in [3.8, 4) is 27.9 Å². The van der Waals surface area contributed by atoms with Crippen molar-refractivity contribution < 1.29 is 9.18 Å². The minimum absolute atomic E-state index is 0.0505. The van der Waals surface area contributed by atoms with Crippen LogP contribution in [0.5, 0.6) is 0 Å². The Balaban J connectivity index is 1.86. The van der Waals surface area contributed by atoms with Gasteiger partial charge in [-0.3, -0.25) is 4.79 Å². The van der Waals surface area contributed by atoms with Crippen LogP contribution in [0.2, 0.25) is 0 Å². The van der Waals surface area contributed by atoms with Crippen molar-refractivity contribution >= 4 is 5.91 Å². The van der Waals surface area contributed by atoms with Crippen LogP contribution in [0.4, 0.5) is 4.39 Å². The molecule has 132 valence electrons. The third-order valence-electron chi connectivity index (χ3n) is 4.26. The minimum Gasteiger partial charge on any atom is -0.363 e. The number of nitrogens with two attached hydrogens (primary N) is 1. The van der Waals surface area contributed by atoms with Gasteiger partial charge in [0.15, 0.2) is 0 Å². The van der Waals surface area contributed by atoms with Gasteiger partial charge in [0.25, 0.3) is 5.91 Å².